The number of aliphatic imine (C=N–C) groups is 1. The van der Waals surface area contributed by atoms with E-state index in [2.05, 4.69) is 10.3 Å². The summed E-state index contributed by atoms with van der Waals surface area (Å²) in [5.74, 6) is 1.28. The Balaban J connectivity index is 1.55. The predicted octanol–water partition coefficient (Wildman–Crippen LogP) is 4.63. The van der Waals surface area contributed by atoms with Gasteiger partial charge in [-0.1, -0.05) is 49.2 Å². The molecule has 0 unspecified atom stereocenters. The van der Waals surface area contributed by atoms with Crippen LogP contribution in [0.1, 0.15) is 37.7 Å². The number of amidine groups is 1. The van der Waals surface area contributed by atoms with E-state index < -0.39 is 0 Å². The van der Waals surface area contributed by atoms with E-state index in [1.165, 1.54) is 23.1 Å². The van der Waals surface area contributed by atoms with Crippen molar-refractivity contribution in [2.24, 2.45) is 4.99 Å². The molecule has 0 saturated heterocycles. The minimum Gasteiger partial charge on any atom is -0.497 e. The first-order valence-corrected chi connectivity index (χ1v) is 12.4. The number of methoxy groups -OCH3 is 2. The molecular formula is C26H29N3O4S. The molecule has 0 atom stereocenters. The predicted molar refractivity (Wildman–Crippen MR) is 136 cm³/mol. The Hall–Kier alpha value is -3.26. The van der Waals surface area contributed by atoms with Crippen LogP contribution in [-0.4, -0.2) is 43.0 Å². The van der Waals surface area contributed by atoms with Crippen molar-refractivity contribution in [3.8, 4) is 11.5 Å². The smallest absolute Gasteiger partial charge is 0.283 e. The summed E-state index contributed by atoms with van der Waals surface area (Å²) in [5, 5.41) is 3.59. The van der Waals surface area contributed by atoms with E-state index in [-0.39, 0.29) is 23.6 Å². The third-order valence-corrected chi connectivity index (χ3v) is 6.80. The maximum absolute atomic E-state index is 13.4. The van der Waals surface area contributed by atoms with Crippen molar-refractivity contribution in [3.63, 3.8) is 0 Å². The van der Waals surface area contributed by atoms with Gasteiger partial charge in [0.2, 0.25) is 5.91 Å². The van der Waals surface area contributed by atoms with Crippen molar-refractivity contribution in [2.45, 2.75) is 38.1 Å². The summed E-state index contributed by atoms with van der Waals surface area (Å²) >= 11 is 1.26. The molecule has 1 aliphatic carbocycles. The fourth-order valence-electron chi connectivity index (χ4n) is 4.07. The number of benzene rings is 2. The normalized spacial score (nSPS) is 17.6. The molecule has 1 N–H and O–H groups in total. The Morgan fingerprint density at radius 2 is 1.82 bits per heavy atom. The zero-order valence-electron chi connectivity index (χ0n) is 19.5. The van der Waals surface area contributed by atoms with Gasteiger partial charge in [0.1, 0.15) is 17.2 Å². The standard InChI is InChI=1S/C26H29N3O4S/c1-32-21-13-11-18(12-14-21)15-23-25(31)29(20-9-6-10-22(16-20)33-2)26(28-23)34-17-24(30)27-19-7-4-3-5-8-19/h6,9-16,19H,3-5,7-8,17H2,1-2H3,(H,27,30)/b23-15-. The van der Waals surface area contributed by atoms with Crippen molar-refractivity contribution in [2.75, 3.05) is 24.9 Å². The first-order valence-electron chi connectivity index (χ1n) is 11.4. The van der Waals surface area contributed by atoms with E-state index >= 15 is 0 Å². The Labute approximate surface area is 204 Å². The minimum absolute atomic E-state index is 0.0368. The van der Waals surface area contributed by atoms with E-state index in [0.717, 1.165) is 37.0 Å². The molecule has 7 nitrogen and oxygen atoms in total. The molecule has 0 aromatic heterocycles. The van der Waals surface area contributed by atoms with Crippen LogP contribution in [0.4, 0.5) is 5.69 Å². The number of nitrogens with zero attached hydrogens (tertiary/aromatic N) is 2. The quantitative estimate of drug-likeness (QED) is 0.586. The van der Waals surface area contributed by atoms with Crippen molar-refractivity contribution in [1.29, 1.82) is 0 Å². The molecule has 4 rings (SSSR count). The summed E-state index contributed by atoms with van der Waals surface area (Å²) in [6.07, 6.45) is 7.34. The number of thioether (sulfide) groups is 1. The lowest BCUT2D eigenvalue weighted by molar-refractivity contribution is -0.119. The molecule has 34 heavy (non-hydrogen) atoms. The molecule has 0 bridgehead atoms. The van der Waals surface area contributed by atoms with Crippen LogP contribution in [0.2, 0.25) is 0 Å². The van der Waals surface area contributed by atoms with Gasteiger partial charge in [-0.2, -0.15) is 0 Å². The average Bonchev–Trinajstić information content (AvgIpc) is 3.18. The fraction of sp³-hybridized carbons (Fsp3) is 0.346. The van der Waals surface area contributed by atoms with Gasteiger partial charge in [-0.3, -0.25) is 14.5 Å². The largest absolute Gasteiger partial charge is 0.497 e. The average molecular weight is 480 g/mol. The zero-order chi connectivity index (χ0) is 23.9. The lowest BCUT2D eigenvalue weighted by Gasteiger charge is -2.23. The van der Waals surface area contributed by atoms with Crippen LogP contribution in [0.15, 0.2) is 59.2 Å². The number of anilines is 1. The molecule has 1 heterocycles. The van der Waals surface area contributed by atoms with Gasteiger partial charge < -0.3 is 14.8 Å². The molecule has 2 aromatic rings. The monoisotopic (exact) mass is 479 g/mol. The molecule has 0 radical (unpaired) electrons. The van der Waals surface area contributed by atoms with Crippen LogP contribution in [0.5, 0.6) is 11.5 Å². The van der Waals surface area contributed by atoms with E-state index in [1.807, 2.05) is 42.5 Å². The van der Waals surface area contributed by atoms with Crippen molar-refractivity contribution >= 4 is 40.5 Å². The summed E-state index contributed by atoms with van der Waals surface area (Å²) < 4.78 is 10.5. The third kappa shape index (κ3) is 5.80. The number of carbonyl (C=O) groups excluding carboxylic acids is 2. The van der Waals surface area contributed by atoms with E-state index in [1.54, 1.807) is 26.4 Å². The minimum atomic E-state index is -0.251. The lowest BCUT2D eigenvalue weighted by Crippen LogP contribution is -2.38. The van der Waals surface area contributed by atoms with E-state index in [4.69, 9.17) is 9.47 Å². The van der Waals surface area contributed by atoms with Crippen molar-refractivity contribution < 1.29 is 19.1 Å². The maximum Gasteiger partial charge on any atom is 0.283 e. The molecule has 1 fully saturated rings. The molecule has 0 spiro atoms. The number of hydrogen-bond acceptors (Lipinski definition) is 6. The summed E-state index contributed by atoms with van der Waals surface area (Å²) in [6.45, 7) is 0. The van der Waals surface area contributed by atoms with E-state index in [0.29, 0.717) is 22.3 Å². The van der Waals surface area contributed by atoms with Crippen LogP contribution in [0, 0.1) is 0 Å². The summed E-state index contributed by atoms with van der Waals surface area (Å²) in [4.78, 5) is 32.1. The third-order valence-electron chi connectivity index (χ3n) is 5.86. The van der Waals surface area contributed by atoms with Gasteiger partial charge in [0.25, 0.3) is 5.91 Å². The number of amides is 2. The van der Waals surface area contributed by atoms with Gasteiger partial charge in [-0.25, -0.2) is 4.99 Å². The Bertz CT molecular complexity index is 1090. The number of ether oxygens (including phenoxy) is 2. The first kappa shape index (κ1) is 23.9. The molecule has 178 valence electrons. The molecule has 1 aliphatic heterocycles. The molecular weight excluding hydrogens is 450 g/mol. The van der Waals surface area contributed by atoms with Crippen LogP contribution in [0.3, 0.4) is 0 Å². The SMILES string of the molecule is COc1ccc(/C=C2\N=C(SCC(=O)NC3CCCCC3)N(c3cccc(OC)c3)C2=O)cc1. The number of nitrogens with one attached hydrogen (secondary N) is 1. The highest BCUT2D eigenvalue weighted by molar-refractivity contribution is 8.14. The second-order valence-electron chi connectivity index (χ2n) is 8.23. The van der Waals surface area contributed by atoms with Crippen LogP contribution in [0.25, 0.3) is 6.08 Å². The lowest BCUT2D eigenvalue weighted by atomic mass is 9.95. The maximum atomic E-state index is 13.4. The molecule has 2 aliphatic rings. The van der Waals surface area contributed by atoms with Crippen molar-refractivity contribution in [1.82, 2.24) is 5.32 Å². The topological polar surface area (TPSA) is 80.2 Å². The Morgan fingerprint density at radius 1 is 1.09 bits per heavy atom. The molecule has 1 saturated carbocycles. The summed E-state index contributed by atoms with van der Waals surface area (Å²) in [7, 11) is 3.19. The van der Waals surface area contributed by atoms with Gasteiger partial charge in [0.05, 0.1) is 25.7 Å². The van der Waals surface area contributed by atoms with Crippen LogP contribution in [-0.2, 0) is 9.59 Å². The molecule has 8 heteroatoms. The van der Waals surface area contributed by atoms with Crippen molar-refractivity contribution in [3.05, 3.63) is 59.8 Å². The Kier molecular flexibility index (Phi) is 7.90. The number of carbonyl (C=O) groups is 2. The van der Waals surface area contributed by atoms with Gasteiger partial charge in [-0.15, -0.1) is 0 Å². The van der Waals surface area contributed by atoms with E-state index in [9.17, 15) is 9.59 Å². The molecule has 2 aromatic carbocycles. The second-order valence-corrected chi connectivity index (χ2v) is 9.17. The zero-order valence-corrected chi connectivity index (χ0v) is 20.3. The highest BCUT2D eigenvalue weighted by atomic mass is 32.2. The number of hydrogen-bond donors (Lipinski definition) is 1. The highest BCUT2D eigenvalue weighted by Gasteiger charge is 2.32. The van der Waals surface area contributed by atoms with Gasteiger partial charge in [-0.05, 0) is 48.7 Å². The first-order chi connectivity index (χ1) is 16.6. The second kappa shape index (κ2) is 11.2. The van der Waals surface area contributed by atoms with Crippen LogP contribution >= 0.6 is 11.8 Å². The van der Waals surface area contributed by atoms with Gasteiger partial charge >= 0.3 is 0 Å². The van der Waals surface area contributed by atoms with Gasteiger partial charge in [0, 0.05) is 12.1 Å². The summed E-state index contributed by atoms with van der Waals surface area (Å²) in [5.41, 5.74) is 1.78. The number of rotatable bonds is 7. The van der Waals surface area contributed by atoms with Crippen LogP contribution < -0.4 is 19.7 Å². The molecule has 2 amide bonds. The Morgan fingerprint density at radius 3 is 2.53 bits per heavy atom. The highest BCUT2D eigenvalue weighted by Crippen LogP contribution is 2.31. The fourth-order valence-corrected chi connectivity index (χ4v) is 4.90. The summed E-state index contributed by atoms with van der Waals surface area (Å²) in [6, 6.07) is 14.9. The van der Waals surface area contributed by atoms with Gasteiger partial charge in [0.15, 0.2) is 5.17 Å².